The van der Waals surface area contributed by atoms with Gasteiger partial charge in [-0.05, 0) is 49.5 Å². The Hall–Kier alpha value is -3.82. The minimum Gasteiger partial charge on any atom is -0.406 e. The molecule has 0 spiro atoms. The van der Waals surface area contributed by atoms with Gasteiger partial charge in [-0.1, -0.05) is 84.1 Å². The van der Waals surface area contributed by atoms with Crippen LogP contribution in [0.4, 0.5) is 0 Å². The van der Waals surface area contributed by atoms with Gasteiger partial charge in [0, 0.05) is 36.8 Å². The highest BCUT2D eigenvalue weighted by Gasteiger charge is 2.49. The van der Waals surface area contributed by atoms with Crippen LogP contribution in [0.1, 0.15) is 18.1 Å². The molecule has 2 atom stereocenters. The molecule has 6 aromatic rings. The number of rotatable bonds is 9. The van der Waals surface area contributed by atoms with Gasteiger partial charge in [0.1, 0.15) is 11.6 Å². The summed E-state index contributed by atoms with van der Waals surface area (Å²) in [6.45, 7) is 11.0. The summed E-state index contributed by atoms with van der Waals surface area (Å²) in [4.78, 5) is 2.52. The standard InChI is InChI=1S/C35H39N5O2Si/c1-43(2,3)42-34(27-13-5-4-6-14-27)35(21-22-38-23-25-41-26-24-38,40-33-20-12-9-17-30(33)36-37-40)39-31-18-10-7-15-28(31)29-16-8-11-19-32(29)39/h4-20,34H,21-26H2,1-3H3. The Morgan fingerprint density at radius 1 is 0.767 bits per heavy atom. The monoisotopic (exact) mass is 589 g/mol. The Morgan fingerprint density at radius 3 is 2.00 bits per heavy atom. The molecule has 7 nitrogen and oxygen atoms in total. The average molecular weight is 590 g/mol. The molecule has 220 valence electrons. The maximum atomic E-state index is 7.41. The van der Waals surface area contributed by atoms with Gasteiger partial charge in [-0.2, -0.15) is 0 Å². The fourth-order valence-corrected chi connectivity index (χ4v) is 7.76. The Morgan fingerprint density at radius 2 is 1.35 bits per heavy atom. The van der Waals surface area contributed by atoms with E-state index in [2.05, 4.69) is 125 Å². The number of ether oxygens (including phenoxy) is 1. The molecule has 0 saturated carbocycles. The van der Waals surface area contributed by atoms with E-state index in [1.807, 2.05) is 12.1 Å². The highest BCUT2D eigenvalue weighted by atomic mass is 28.4. The summed E-state index contributed by atoms with van der Waals surface area (Å²) in [5.74, 6) is 0. The zero-order valence-corrected chi connectivity index (χ0v) is 26.2. The van der Waals surface area contributed by atoms with Gasteiger partial charge >= 0.3 is 0 Å². The van der Waals surface area contributed by atoms with Crippen molar-refractivity contribution in [2.75, 3.05) is 32.8 Å². The van der Waals surface area contributed by atoms with Gasteiger partial charge < -0.3 is 13.7 Å². The normalized spacial score (nSPS) is 17.0. The van der Waals surface area contributed by atoms with Gasteiger partial charge in [0.15, 0.2) is 14.0 Å². The van der Waals surface area contributed by atoms with Gasteiger partial charge in [-0.3, -0.25) is 4.90 Å². The molecule has 2 unspecified atom stereocenters. The fraction of sp³-hybridized carbons (Fsp3) is 0.314. The van der Waals surface area contributed by atoms with Crippen LogP contribution in [0.5, 0.6) is 0 Å². The van der Waals surface area contributed by atoms with Gasteiger partial charge in [0.05, 0.1) is 29.8 Å². The second-order valence-corrected chi connectivity index (χ2v) is 16.9. The van der Waals surface area contributed by atoms with Crippen LogP contribution in [-0.2, 0) is 14.8 Å². The number of benzene rings is 4. The van der Waals surface area contributed by atoms with Crippen LogP contribution in [0, 0.1) is 0 Å². The SMILES string of the molecule is C[Si](C)(C)OC(c1ccccc1)C(CCN1CCOCC1)(n1nnc2ccccc21)n1c2ccccc2c2ccccc21. The van der Waals surface area contributed by atoms with Crippen molar-refractivity contribution in [3.63, 3.8) is 0 Å². The molecule has 0 N–H and O–H groups in total. The van der Waals surface area contributed by atoms with Crippen molar-refractivity contribution in [3.05, 3.63) is 109 Å². The van der Waals surface area contributed by atoms with Crippen LogP contribution in [0.3, 0.4) is 0 Å². The van der Waals surface area contributed by atoms with Crippen molar-refractivity contribution in [2.24, 2.45) is 0 Å². The number of hydrogen-bond acceptors (Lipinski definition) is 5. The summed E-state index contributed by atoms with van der Waals surface area (Å²) >= 11 is 0. The molecule has 8 heteroatoms. The van der Waals surface area contributed by atoms with Gasteiger partial charge in [-0.25, -0.2) is 4.68 Å². The van der Waals surface area contributed by atoms with Gasteiger partial charge in [0.2, 0.25) is 0 Å². The molecule has 0 amide bonds. The third-order valence-electron chi connectivity index (χ3n) is 8.58. The van der Waals surface area contributed by atoms with Crippen molar-refractivity contribution >= 4 is 41.2 Å². The van der Waals surface area contributed by atoms with E-state index in [0.717, 1.165) is 66.9 Å². The molecule has 0 bridgehead atoms. The van der Waals surface area contributed by atoms with E-state index in [1.165, 1.54) is 10.8 Å². The Kier molecular flexibility index (Phi) is 7.39. The Bertz CT molecular complexity index is 1800. The van der Waals surface area contributed by atoms with Crippen LogP contribution in [-0.4, -0.2) is 65.6 Å². The number of para-hydroxylation sites is 3. The van der Waals surface area contributed by atoms with Crippen LogP contribution >= 0.6 is 0 Å². The molecule has 43 heavy (non-hydrogen) atoms. The lowest BCUT2D eigenvalue weighted by molar-refractivity contribution is -0.00818. The molecule has 0 radical (unpaired) electrons. The molecule has 7 rings (SSSR count). The maximum absolute atomic E-state index is 7.41. The molecule has 1 saturated heterocycles. The first-order valence-corrected chi connectivity index (χ1v) is 18.7. The number of fused-ring (bicyclic) bond motifs is 4. The second-order valence-electron chi connectivity index (χ2n) is 12.5. The van der Waals surface area contributed by atoms with E-state index >= 15 is 0 Å². The highest BCUT2D eigenvalue weighted by molar-refractivity contribution is 6.69. The van der Waals surface area contributed by atoms with Crippen molar-refractivity contribution in [1.82, 2.24) is 24.5 Å². The average Bonchev–Trinajstić information content (AvgIpc) is 3.62. The first-order valence-electron chi connectivity index (χ1n) is 15.3. The summed E-state index contributed by atoms with van der Waals surface area (Å²) in [6, 6.07) is 36.5. The Labute approximate surface area is 253 Å². The van der Waals surface area contributed by atoms with Gasteiger partial charge in [0.25, 0.3) is 0 Å². The number of aromatic nitrogens is 4. The van der Waals surface area contributed by atoms with Crippen molar-refractivity contribution in [1.29, 1.82) is 0 Å². The van der Waals surface area contributed by atoms with Crippen LogP contribution in [0.25, 0.3) is 32.8 Å². The topological polar surface area (TPSA) is 57.3 Å². The zero-order valence-electron chi connectivity index (χ0n) is 25.2. The molecule has 1 fully saturated rings. The molecule has 2 aromatic heterocycles. The van der Waals surface area contributed by atoms with E-state index in [1.54, 1.807) is 0 Å². The molecular formula is C35H39N5O2Si. The fourth-order valence-electron chi connectivity index (χ4n) is 6.72. The molecule has 1 aliphatic rings. The summed E-state index contributed by atoms with van der Waals surface area (Å²) in [7, 11) is -2.12. The van der Waals surface area contributed by atoms with E-state index in [4.69, 9.17) is 19.5 Å². The largest absolute Gasteiger partial charge is 0.406 e. The van der Waals surface area contributed by atoms with Crippen LogP contribution in [0.15, 0.2) is 103 Å². The third kappa shape index (κ3) is 5.08. The minimum atomic E-state index is -2.12. The second kappa shape index (κ2) is 11.4. The van der Waals surface area contributed by atoms with E-state index < -0.39 is 14.0 Å². The number of nitrogens with zero attached hydrogens (tertiary/aromatic N) is 5. The lowest BCUT2D eigenvalue weighted by atomic mass is 9.90. The first kappa shape index (κ1) is 28.0. The predicted octanol–water partition coefficient (Wildman–Crippen LogP) is 7.06. The van der Waals surface area contributed by atoms with Crippen molar-refractivity contribution in [3.8, 4) is 0 Å². The molecule has 0 aliphatic carbocycles. The number of hydrogen-bond donors (Lipinski definition) is 0. The lowest BCUT2D eigenvalue weighted by Crippen LogP contribution is -2.53. The smallest absolute Gasteiger partial charge is 0.184 e. The summed E-state index contributed by atoms with van der Waals surface area (Å²) in [5, 5.41) is 12.2. The van der Waals surface area contributed by atoms with Crippen LogP contribution < -0.4 is 0 Å². The molecule has 4 aromatic carbocycles. The van der Waals surface area contributed by atoms with Crippen LogP contribution in [0.2, 0.25) is 19.6 Å². The summed E-state index contributed by atoms with van der Waals surface area (Å²) in [5.41, 5.74) is 4.52. The minimum absolute atomic E-state index is 0.342. The zero-order chi connectivity index (χ0) is 29.4. The predicted molar refractivity (Wildman–Crippen MR) is 176 cm³/mol. The van der Waals surface area contributed by atoms with E-state index in [-0.39, 0.29) is 6.10 Å². The Balaban J connectivity index is 1.61. The third-order valence-corrected chi connectivity index (χ3v) is 9.52. The van der Waals surface area contributed by atoms with Crippen molar-refractivity contribution < 1.29 is 9.16 Å². The van der Waals surface area contributed by atoms with E-state index in [9.17, 15) is 0 Å². The lowest BCUT2D eigenvalue weighted by Gasteiger charge is -2.46. The molecular weight excluding hydrogens is 551 g/mol. The summed E-state index contributed by atoms with van der Waals surface area (Å²) in [6.07, 6.45) is 0.415. The maximum Gasteiger partial charge on any atom is 0.184 e. The molecule has 1 aliphatic heterocycles. The highest BCUT2D eigenvalue weighted by Crippen LogP contribution is 2.47. The van der Waals surface area contributed by atoms with Gasteiger partial charge in [-0.15, -0.1) is 5.10 Å². The summed E-state index contributed by atoms with van der Waals surface area (Å²) < 4.78 is 17.9. The van der Waals surface area contributed by atoms with Crippen molar-refractivity contribution in [2.45, 2.75) is 37.8 Å². The number of morpholine rings is 1. The molecule has 3 heterocycles. The first-order chi connectivity index (χ1) is 21.0. The quantitative estimate of drug-likeness (QED) is 0.169. The van der Waals surface area contributed by atoms with E-state index in [0.29, 0.717) is 0 Å².